The number of aromatic nitrogens is 1. The molecule has 0 atom stereocenters. The first kappa shape index (κ1) is 11.0. The molecule has 0 radical (unpaired) electrons. The molecule has 0 fully saturated rings. The Morgan fingerprint density at radius 2 is 2.36 bits per heavy atom. The first-order valence-corrected chi connectivity index (χ1v) is 5.34. The van der Waals surface area contributed by atoms with Crippen molar-refractivity contribution >= 4 is 17.4 Å². The number of amides is 2. The van der Waals surface area contributed by atoms with Gasteiger partial charge in [0.25, 0.3) is 0 Å². The van der Waals surface area contributed by atoms with E-state index in [1.54, 1.807) is 25.4 Å². The summed E-state index contributed by atoms with van der Waals surface area (Å²) in [6.07, 6.45) is 2.86. The van der Waals surface area contributed by atoms with Crippen LogP contribution in [0.25, 0.3) is 0 Å². The Hall–Kier alpha value is -1.10. The van der Waals surface area contributed by atoms with E-state index in [0.29, 0.717) is 6.54 Å². The van der Waals surface area contributed by atoms with Gasteiger partial charge >= 0.3 is 6.03 Å². The lowest BCUT2D eigenvalue weighted by molar-refractivity contribution is 0.217. The molecule has 0 aliphatic heterocycles. The maximum atomic E-state index is 11.2. The number of hydrogen-bond donors (Lipinski definition) is 1. The molecule has 1 aromatic rings. The van der Waals surface area contributed by atoms with E-state index in [2.05, 4.69) is 17.2 Å². The van der Waals surface area contributed by atoms with E-state index in [-0.39, 0.29) is 6.03 Å². The van der Waals surface area contributed by atoms with Gasteiger partial charge in [0.15, 0.2) is 0 Å². The van der Waals surface area contributed by atoms with E-state index in [0.717, 1.165) is 11.4 Å². The predicted molar refractivity (Wildman–Crippen MR) is 57.4 cm³/mol. The van der Waals surface area contributed by atoms with Crippen molar-refractivity contribution in [1.82, 2.24) is 15.2 Å². The van der Waals surface area contributed by atoms with E-state index in [1.807, 2.05) is 6.20 Å². The molecular formula is C9H15N3OS. The molecular weight excluding hydrogens is 198 g/mol. The van der Waals surface area contributed by atoms with Crippen LogP contribution in [0.5, 0.6) is 0 Å². The third-order valence-corrected chi connectivity index (χ3v) is 2.89. The maximum Gasteiger partial charge on any atom is 0.317 e. The second-order valence-electron chi connectivity index (χ2n) is 3.13. The Kier molecular flexibility index (Phi) is 3.88. The van der Waals surface area contributed by atoms with Crippen LogP contribution in [0.4, 0.5) is 4.79 Å². The van der Waals surface area contributed by atoms with Crippen LogP contribution < -0.4 is 5.32 Å². The van der Waals surface area contributed by atoms with Crippen molar-refractivity contribution in [2.45, 2.75) is 19.9 Å². The van der Waals surface area contributed by atoms with Gasteiger partial charge in [-0.2, -0.15) is 0 Å². The highest BCUT2D eigenvalue weighted by Crippen LogP contribution is 2.12. The molecule has 5 heteroatoms. The SMILES string of the molecule is CCc1cnc(CNC(=O)N(C)C)s1. The normalized spacial score (nSPS) is 9.93. The maximum absolute atomic E-state index is 11.2. The molecule has 1 heterocycles. The third-order valence-electron chi connectivity index (χ3n) is 1.75. The van der Waals surface area contributed by atoms with Crippen molar-refractivity contribution in [3.8, 4) is 0 Å². The van der Waals surface area contributed by atoms with Crippen molar-refractivity contribution in [3.05, 3.63) is 16.1 Å². The molecule has 2 amide bonds. The number of aryl methyl sites for hydroxylation is 1. The number of rotatable bonds is 3. The molecule has 0 aliphatic carbocycles. The van der Waals surface area contributed by atoms with E-state index >= 15 is 0 Å². The molecule has 14 heavy (non-hydrogen) atoms. The Balaban J connectivity index is 2.41. The molecule has 0 bridgehead atoms. The molecule has 0 spiro atoms. The largest absolute Gasteiger partial charge is 0.331 e. The van der Waals surface area contributed by atoms with Gasteiger partial charge in [-0.15, -0.1) is 11.3 Å². The summed E-state index contributed by atoms with van der Waals surface area (Å²) in [6.45, 7) is 2.61. The van der Waals surface area contributed by atoms with Gasteiger partial charge in [-0.1, -0.05) is 6.92 Å². The zero-order chi connectivity index (χ0) is 10.6. The molecule has 4 nitrogen and oxygen atoms in total. The summed E-state index contributed by atoms with van der Waals surface area (Å²) in [5, 5.41) is 3.73. The van der Waals surface area contributed by atoms with Crippen molar-refractivity contribution in [1.29, 1.82) is 0 Å². The third kappa shape index (κ3) is 2.99. The van der Waals surface area contributed by atoms with Crippen LogP contribution in [0.3, 0.4) is 0 Å². The lowest BCUT2D eigenvalue weighted by atomic mass is 10.4. The zero-order valence-electron chi connectivity index (χ0n) is 8.70. The highest BCUT2D eigenvalue weighted by molar-refractivity contribution is 7.11. The Morgan fingerprint density at radius 1 is 1.64 bits per heavy atom. The van der Waals surface area contributed by atoms with Gasteiger partial charge in [-0.3, -0.25) is 0 Å². The second kappa shape index (κ2) is 4.95. The predicted octanol–water partition coefficient (Wildman–Crippen LogP) is 1.48. The van der Waals surface area contributed by atoms with E-state index in [9.17, 15) is 4.79 Å². The van der Waals surface area contributed by atoms with Crippen LogP contribution in [0.1, 0.15) is 16.8 Å². The number of carbonyl (C=O) groups excluding carboxylic acids is 1. The smallest absolute Gasteiger partial charge is 0.317 e. The van der Waals surface area contributed by atoms with Crippen molar-refractivity contribution < 1.29 is 4.79 Å². The van der Waals surface area contributed by atoms with E-state index in [4.69, 9.17) is 0 Å². The van der Waals surface area contributed by atoms with E-state index < -0.39 is 0 Å². The topological polar surface area (TPSA) is 45.2 Å². The number of nitrogens with zero attached hydrogens (tertiary/aromatic N) is 2. The lowest BCUT2D eigenvalue weighted by Crippen LogP contribution is -2.33. The van der Waals surface area contributed by atoms with Crippen LogP contribution >= 0.6 is 11.3 Å². The molecule has 0 aromatic carbocycles. The summed E-state index contributed by atoms with van der Waals surface area (Å²) < 4.78 is 0. The second-order valence-corrected chi connectivity index (χ2v) is 4.33. The first-order chi connectivity index (χ1) is 6.63. The minimum absolute atomic E-state index is 0.0850. The zero-order valence-corrected chi connectivity index (χ0v) is 9.52. The van der Waals surface area contributed by atoms with Crippen LogP contribution in [-0.4, -0.2) is 30.0 Å². The molecule has 78 valence electrons. The van der Waals surface area contributed by atoms with Gasteiger partial charge in [0.2, 0.25) is 0 Å². The molecule has 1 N–H and O–H groups in total. The molecule has 1 rings (SSSR count). The average Bonchev–Trinajstić information content (AvgIpc) is 2.61. The summed E-state index contributed by atoms with van der Waals surface area (Å²) in [7, 11) is 3.43. The fourth-order valence-electron chi connectivity index (χ4n) is 0.903. The molecule has 1 aromatic heterocycles. The van der Waals surface area contributed by atoms with Crippen LogP contribution in [0, 0.1) is 0 Å². The monoisotopic (exact) mass is 213 g/mol. The number of nitrogens with one attached hydrogen (secondary N) is 1. The van der Waals surface area contributed by atoms with Gasteiger partial charge in [-0.25, -0.2) is 9.78 Å². The summed E-state index contributed by atoms with van der Waals surface area (Å²) in [5.74, 6) is 0. The summed E-state index contributed by atoms with van der Waals surface area (Å²) in [5.41, 5.74) is 0. The quantitative estimate of drug-likeness (QED) is 0.826. The molecule has 0 saturated heterocycles. The van der Waals surface area contributed by atoms with Crippen LogP contribution in [0.2, 0.25) is 0 Å². The van der Waals surface area contributed by atoms with Gasteiger partial charge in [0.05, 0.1) is 6.54 Å². The molecule has 0 saturated carbocycles. The van der Waals surface area contributed by atoms with E-state index in [1.165, 1.54) is 9.78 Å². The molecule has 0 unspecified atom stereocenters. The van der Waals surface area contributed by atoms with Crippen molar-refractivity contribution in [3.63, 3.8) is 0 Å². The minimum Gasteiger partial charge on any atom is -0.331 e. The Morgan fingerprint density at radius 3 is 2.86 bits per heavy atom. The highest BCUT2D eigenvalue weighted by Gasteiger charge is 2.04. The van der Waals surface area contributed by atoms with Gasteiger partial charge in [0, 0.05) is 25.2 Å². The summed E-state index contributed by atoms with van der Waals surface area (Å²) in [6, 6.07) is -0.0850. The Bertz CT molecular complexity index is 309. The highest BCUT2D eigenvalue weighted by atomic mass is 32.1. The van der Waals surface area contributed by atoms with Crippen molar-refractivity contribution in [2.24, 2.45) is 0 Å². The van der Waals surface area contributed by atoms with Crippen molar-refractivity contribution in [2.75, 3.05) is 14.1 Å². The van der Waals surface area contributed by atoms with Gasteiger partial charge < -0.3 is 10.2 Å². The minimum atomic E-state index is -0.0850. The summed E-state index contributed by atoms with van der Waals surface area (Å²) >= 11 is 1.64. The van der Waals surface area contributed by atoms with Crippen LogP contribution in [0.15, 0.2) is 6.20 Å². The number of hydrogen-bond acceptors (Lipinski definition) is 3. The Labute approximate surface area is 88.0 Å². The number of carbonyl (C=O) groups is 1. The van der Waals surface area contributed by atoms with Gasteiger partial charge in [0.1, 0.15) is 5.01 Å². The average molecular weight is 213 g/mol. The standard InChI is InChI=1S/C9H15N3OS/c1-4-7-5-10-8(14-7)6-11-9(13)12(2)3/h5H,4,6H2,1-3H3,(H,11,13). The lowest BCUT2D eigenvalue weighted by Gasteiger charge is -2.10. The fraction of sp³-hybridized carbons (Fsp3) is 0.556. The summed E-state index contributed by atoms with van der Waals surface area (Å²) in [4.78, 5) is 18.1. The first-order valence-electron chi connectivity index (χ1n) is 4.52. The number of thiazole rings is 1. The van der Waals surface area contributed by atoms with Crippen LogP contribution in [-0.2, 0) is 13.0 Å². The van der Waals surface area contributed by atoms with Gasteiger partial charge in [-0.05, 0) is 6.42 Å². The number of urea groups is 1. The fourth-order valence-corrected chi connectivity index (χ4v) is 1.70. The molecule has 0 aliphatic rings.